The van der Waals surface area contributed by atoms with Gasteiger partial charge in [-0.3, -0.25) is 0 Å². The van der Waals surface area contributed by atoms with Crippen molar-refractivity contribution in [2.45, 2.75) is 26.0 Å². The summed E-state index contributed by atoms with van der Waals surface area (Å²) in [6, 6.07) is 0.411. The van der Waals surface area contributed by atoms with Crippen molar-refractivity contribution < 1.29 is 4.74 Å². The molecule has 0 radical (unpaired) electrons. The molecule has 0 aromatic carbocycles. The topological polar surface area (TPSA) is 47.3 Å². The minimum atomic E-state index is 0.177. The third-order valence-corrected chi connectivity index (χ3v) is 1.46. The van der Waals surface area contributed by atoms with Gasteiger partial charge in [-0.25, -0.2) is 0 Å². The summed E-state index contributed by atoms with van der Waals surface area (Å²) in [5, 5.41) is 3.08. The van der Waals surface area contributed by atoms with E-state index in [1.165, 1.54) is 0 Å². The molecule has 62 valence electrons. The van der Waals surface area contributed by atoms with E-state index in [4.69, 9.17) is 10.5 Å². The summed E-state index contributed by atoms with van der Waals surface area (Å²) in [5.41, 5.74) is 5.35. The van der Waals surface area contributed by atoms with Crippen molar-refractivity contribution in [3.05, 3.63) is 0 Å². The van der Waals surface area contributed by atoms with Crippen LogP contribution in [0, 0.1) is 0 Å². The lowest BCUT2D eigenvalue weighted by molar-refractivity contribution is 0.0597. The largest absolute Gasteiger partial charge is 0.376 e. The van der Waals surface area contributed by atoms with Gasteiger partial charge in [0, 0.05) is 12.6 Å². The number of hydrogen-bond acceptors (Lipinski definition) is 3. The molecule has 0 aliphatic rings. The van der Waals surface area contributed by atoms with E-state index in [9.17, 15) is 0 Å². The summed E-state index contributed by atoms with van der Waals surface area (Å²) < 4.78 is 5.36. The van der Waals surface area contributed by atoms with Crippen molar-refractivity contribution in [2.75, 3.05) is 20.2 Å². The predicted molar refractivity (Wildman–Crippen MR) is 43.0 cm³/mol. The van der Waals surface area contributed by atoms with E-state index in [0.29, 0.717) is 12.6 Å². The van der Waals surface area contributed by atoms with Crippen LogP contribution in [0.5, 0.6) is 0 Å². The Bertz CT molecular complexity index is 68.0. The van der Waals surface area contributed by atoms with E-state index < -0.39 is 0 Å². The molecule has 0 aliphatic carbocycles. The first-order valence-electron chi connectivity index (χ1n) is 3.69. The first kappa shape index (κ1) is 9.88. The second kappa shape index (κ2) is 5.65. The highest BCUT2D eigenvalue weighted by atomic mass is 16.5. The third-order valence-electron chi connectivity index (χ3n) is 1.46. The summed E-state index contributed by atoms with van der Waals surface area (Å²) >= 11 is 0. The van der Waals surface area contributed by atoms with Gasteiger partial charge >= 0.3 is 0 Å². The lowest BCUT2D eigenvalue weighted by atomic mass is 10.3. The molecular formula is C7H18N2O. The van der Waals surface area contributed by atoms with Gasteiger partial charge in [-0.05, 0) is 20.9 Å². The summed E-state index contributed by atoms with van der Waals surface area (Å²) in [6.07, 6.45) is 0.177. The number of rotatable bonds is 5. The average Bonchev–Trinajstić information content (AvgIpc) is 1.99. The van der Waals surface area contributed by atoms with Crippen LogP contribution in [0.4, 0.5) is 0 Å². The van der Waals surface area contributed by atoms with Crippen molar-refractivity contribution in [3.63, 3.8) is 0 Å². The van der Waals surface area contributed by atoms with Gasteiger partial charge in [-0.2, -0.15) is 0 Å². The summed E-state index contributed by atoms with van der Waals surface area (Å²) in [4.78, 5) is 0. The Labute approximate surface area is 62.9 Å². The van der Waals surface area contributed by atoms with E-state index in [2.05, 4.69) is 12.2 Å². The molecule has 0 aromatic rings. The van der Waals surface area contributed by atoms with E-state index >= 15 is 0 Å². The Morgan fingerprint density at radius 1 is 1.50 bits per heavy atom. The van der Waals surface area contributed by atoms with Crippen LogP contribution >= 0.6 is 0 Å². The Morgan fingerprint density at radius 3 is 2.50 bits per heavy atom. The van der Waals surface area contributed by atoms with Gasteiger partial charge < -0.3 is 15.8 Å². The van der Waals surface area contributed by atoms with E-state index in [1.807, 2.05) is 14.0 Å². The molecule has 0 saturated carbocycles. The Balaban J connectivity index is 3.17. The van der Waals surface area contributed by atoms with Crippen molar-refractivity contribution in [1.82, 2.24) is 5.32 Å². The third kappa shape index (κ3) is 4.73. The normalized spacial score (nSPS) is 16.8. The summed E-state index contributed by atoms with van der Waals surface area (Å²) in [5.74, 6) is 0. The predicted octanol–water partition coefficient (Wildman–Crippen LogP) is -0.0419. The van der Waals surface area contributed by atoms with Gasteiger partial charge in [-0.1, -0.05) is 0 Å². The Morgan fingerprint density at radius 2 is 2.10 bits per heavy atom. The van der Waals surface area contributed by atoms with Gasteiger partial charge in [0.1, 0.15) is 0 Å². The van der Waals surface area contributed by atoms with Crippen LogP contribution in [0.15, 0.2) is 0 Å². The molecule has 10 heavy (non-hydrogen) atoms. The minimum Gasteiger partial charge on any atom is -0.376 e. The van der Waals surface area contributed by atoms with Crippen LogP contribution < -0.4 is 11.1 Å². The lowest BCUT2D eigenvalue weighted by Crippen LogP contribution is -2.30. The van der Waals surface area contributed by atoms with Crippen LogP contribution in [0.2, 0.25) is 0 Å². The molecule has 0 aromatic heterocycles. The molecule has 0 aliphatic heterocycles. The zero-order valence-electron chi connectivity index (χ0n) is 7.05. The van der Waals surface area contributed by atoms with Crippen molar-refractivity contribution in [2.24, 2.45) is 5.73 Å². The first-order valence-corrected chi connectivity index (χ1v) is 3.69. The maximum absolute atomic E-state index is 5.36. The molecule has 0 spiro atoms. The number of ether oxygens (including phenoxy) is 1. The molecule has 0 fully saturated rings. The zero-order valence-corrected chi connectivity index (χ0v) is 7.05. The zero-order chi connectivity index (χ0) is 7.98. The molecular weight excluding hydrogens is 128 g/mol. The van der Waals surface area contributed by atoms with Gasteiger partial charge in [0.05, 0.1) is 12.7 Å². The summed E-state index contributed by atoms with van der Waals surface area (Å²) in [7, 11) is 1.92. The highest BCUT2D eigenvalue weighted by Gasteiger charge is 2.01. The van der Waals surface area contributed by atoms with Crippen LogP contribution in [-0.2, 0) is 4.74 Å². The van der Waals surface area contributed by atoms with Crippen LogP contribution in [0.25, 0.3) is 0 Å². The van der Waals surface area contributed by atoms with E-state index in [-0.39, 0.29) is 6.10 Å². The maximum atomic E-state index is 5.36. The van der Waals surface area contributed by atoms with Gasteiger partial charge in [0.15, 0.2) is 0 Å². The molecule has 3 heteroatoms. The van der Waals surface area contributed by atoms with Crippen LogP contribution in [0.3, 0.4) is 0 Å². The lowest BCUT2D eigenvalue weighted by Gasteiger charge is -2.14. The van der Waals surface area contributed by atoms with Crippen LogP contribution in [-0.4, -0.2) is 32.3 Å². The molecule has 2 atom stereocenters. The fraction of sp³-hybridized carbons (Fsp3) is 1.00. The number of hydrogen-bond donors (Lipinski definition) is 2. The first-order chi connectivity index (χ1) is 4.70. The monoisotopic (exact) mass is 146 g/mol. The Hall–Kier alpha value is -0.120. The molecule has 0 saturated heterocycles. The van der Waals surface area contributed by atoms with Gasteiger partial charge in [0.2, 0.25) is 0 Å². The maximum Gasteiger partial charge on any atom is 0.0669 e. The second-order valence-corrected chi connectivity index (χ2v) is 2.57. The van der Waals surface area contributed by atoms with Crippen molar-refractivity contribution in [1.29, 1.82) is 0 Å². The average molecular weight is 146 g/mol. The van der Waals surface area contributed by atoms with E-state index in [1.54, 1.807) is 0 Å². The van der Waals surface area contributed by atoms with Gasteiger partial charge in [-0.15, -0.1) is 0 Å². The smallest absolute Gasteiger partial charge is 0.0669 e. The quantitative estimate of drug-likeness (QED) is 0.572. The number of likely N-dealkylation sites (N-methyl/N-ethyl adjacent to an activating group) is 1. The van der Waals surface area contributed by atoms with Crippen molar-refractivity contribution in [3.8, 4) is 0 Å². The standard InChI is InChI=1S/C7H18N2O/c1-6(9-3)5-10-7(2)4-8/h6-7,9H,4-5,8H2,1-3H3. The fourth-order valence-corrected chi connectivity index (χ4v) is 0.460. The van der Waals surface area contributed by atoms with E-state index in [0.717, 1.165) is 6.61 Å². The molecule has 2 unspecified atom stereocenters. The molecule has 3 nitrogen and oxygen atoms in total. The molecule has 0 amide bonds. The highest BCUT2D eigenvalue weighted by Crippen LogP contribution is 1.89. The minimum absolute atomic E-state index is 0.177. The fourth-order valence-electron chi connectivity index (χ4n) is 0.460. The molecule has 3 N–H and O–H groups in total. The molecule has 0 rings (SSSR count). The molecule has 0 bridgehead atoms. The SMILES string of the molecule is CNC(C)COC(C)CN. The second-order valence-electron chi connectivity index (χ2n) is 2.57. The number of nitrogens with two attached hydrogens (primary N) is 1. The summed E-state index contributed by atoms with van der Waals surface area (Å²) in [6.45, 7) is 5.37. The van der Waals surface area contributed by atoms with Crippen molar-refractivity contribution >= 4 is 0 Å². The molecule has 0 heterocycles. The van der Waals surface area contributed by atoms with Crippen LogP contribution in [0.1, 0.15) is 13.8 Å². The number of nitrogens with one attached hydrogen (secondary N) is 1. The Kier molecular flexibility index (Phi) is 5.58. The highest BCUT2D eigenvalue weighted by molar-refractivity contribution is 4.56. The van der Waals surface area contributed by atoms with Gasteiger partial charge in [0.25, 0.3) is 0 Å².